The Kier molecular flexibility index (Phi) is 19.9. The third kappa shape index (κ3) is 16.4. The first-order valence-electron chi connectivity index (χ1n) is 8.12. The van der Waals surface area contributed by atoms with Crippen molar-refractivity contribution in [2.75, 3.05) is 0 Å². The van der Waals surface area contributed by atoms with Crippen LogP contribution in [0, 0.1) is 5.92 Å². The maximum Gasteiger partial charge on any atom is -0.0272 e. The molecule has 0 unspecified atom stereocenters. The van der Waals surface area contributed by atoms with Gasteiger partial charge < -0.3 is 0 Å². The first-order valence-corrected chi connectivity index (χ1v) is 8.12. The molecule has 0 aliphatic heterocycles. The van der Waals surface area contributed by atoms with Crippen LogP contribution >= 0.6 is 13.5 Å². The predicted octanol–water partition coefficient (Wildman–Crippen LogP) is 6.80. The summed E-state index contributed by atoms with van der Waals surface area (Å²) >= 11 is 0. The Morgan fingerprint density at radius 1 is 0.556 bits per heavy atom. The number of unbranched alkanes of at least 4 members (excludes halogenated alkanes) is 9. The van der Waals surface area contributed by atoms with Crippen molar-refractivity contribution >= 4 is 13.5 Å². The Labute approximate surface area is 124 Å². The molecule has 111 valence electrons. The summed E-state index contributed by atoms with van der Waals surface area (Å²) in [6, 6.07) is 0. The zero-order chi connectivity index (χ0) is 12.8. The predicted molar refractivity (Wildman–Crippen MR) is 90.7 cm³/mol. The summed E-state index contributed by atoms with van der Waals surface area (Å²) in [5.41, 5.74) is 0. The van der Waals surface area contributed by atoms with E-state index < -0.39 is 0 Å². The summed E-state index contributed by atoms with van der Waals surface area (Å²) in [6.07, 6.45) is 18.5. The molecule has 0 N–H and O–H groups in total. The van der Waals surface area contributed by atoms with Gasteiger partial charge in [-0.1, -0.05) is 91.4 Å². The van der Waals surface area contributed by atoms with Gasteiger partial charge in [0.25, 0.3) is 0 Å². The highest BCUT2D eigenvalue weighted by Gasteiger charge is 2.02. The summed E-state index contributed by atoms with van der Waals surface area (Å²) in [7, 11) is 0. The van der Waals surface area contributed by atoms with Crippen molar-refractivity contribution in [2.24, 2.45) is 0 Å². The van der Waals surface area contributed by atoms with E-state index in [1.165, 1.54) is 83.5 Å². The van der Waals surface area contributed by atoms with Gasteiger partial charge in [-0.15, -0.1) is 0 Å². The average Bonchev–Trinajstić information content (AvgIpc) is 2.33. The van der Waals surface area contributed by atoms with Gasteiger partial charge in [-0.05, 0) is 18.8 Å². The zero-order valence-corrected chi connectivity index (χ0v) is 14.2. The lowest BCUT2D eigenvalue weighted by atomic mass is 9.96. The quantitative estimate of drug-likeness (QED) is 0.323. The second-order valence-corrected chi connectivity index (χ2v) is 5.64. The highest BCUT2D eigenvalue weighted by atomic mass is 32.1. The average molecular weight is 274 g/mol. The van der Waals surface area contributed by atoms with Crippen LogP contribution < -0.4 is 0 Å². The Morgan fingerprint density at radius 3 is 1.33 bits per heavy atom. The van der Waals surface area contributed by atoms with Gasteiger partial charge in [0.2, 0.25) is 0 Å². The molecular formula is C17H37S. The third-order valence-corrected chi connectivity index (χ3v) is 3.66. The van der Waals surface area contributed by atoms with Crippen LogP contribution in [0.3, 0.4) is 0 Å². The lowest BCUT2D eigenvalue weighted by Gasteiger charge is -2.10. The summed E-state index contributed by atoms with van der Waals surface area (Å²) in [5.74, 6) is 1.75. The molecule has 0 aromatic carbocycles. The van der Waals surface area contributed by atoms with E-state index in [1.807, 2.05) is 0 Å². The standard InChI is InChI=1S/C17H35.H2S/c1-4-6-8-10-11-12-14-16-17(3)15-13-9-7-5-2;/h4-16H2,1-3H3;1H2. The molecule has 0 nitrogen and oxygen atoms in total. The highest BCUT2D eigenvalue weighted by Crippen LogP contribution is 2.19. The molecule has 1 heteroatoms. The number of rotatable bonds is 13. The van der Waals surface area contributed by atoms with Gasteiger partial charge in [0.05, 0.1) is 0 Å². The molecule has 0 saturated heterocycles. The van der Waals surface area contributed by atoms with Crippen LogP contribution in [0.1, 0.15) is 104 Å². The molecule has 0 spiro atoms. The Balaban J connectivity index is 0. The van der Waals surface area contributed by atoms with Gasteiger partial charge in [-0.2, -0.15) is 13.5 Å². The van der Waals surface area contributed by atoms with Crippen molar-refractivity contribution in [2.45, 2.75) is 104 Å². The molecule has 0 saturated carbocycles. The number of hydrogen-bond donors (Lipinski definition) is 0. The van der Waals surface area contributed by atoms with Crippen LogP contribution in [0.25, 0.3) is 0 Å². The van der Waals surface area contributed by atoms with Crippen molar-refractivity contribution in [1.82, 2.24) is 0 Å². The van der Waals surface area contributed by atoms with E-state index in [-0.39, 0.29) is 13.5 Å². The van der Waals surface area contributed by atoms with E-state index in [4.69, 9.17) is 0 Å². The minimum Gasteiger partial charge on any atom is -0.197 e. The first kappa shape index (κ1) is 20.7. The smallest absolute Gasteiger partial charge is 0.0272 e. The topological polar surface area (TPSA) is 0 Å². The maximum absolute atomic E-state index is 2.36. The van der Waals surface area contributed by atoms with Gasteiger partial charge in [-0.3, -0.25) is 0 Å². The van der Waals surface area contributed by atoms with E-state index in [2.05, 4.69) is 20.8 Å². The maximum atomic E-state index is 2.36. The summed E-state index contributed by atoms with van der Waals surface area (Å²) in [6.45, 7) is 6.94. The molecule has 0 aromatic heterocycles. The molecule has 1 radical (unpaired) electrons. The molecule has 0 bridgehead atoms. The van der Waals surface area contributed by atoms with E-state index in [9.17, 15) is 0 Å². The van der Waals surface area contributed by atoms with Crippen LogP contribution in [-0.4, -0.2) is 0 Å². The first-order chi connectivity index (χ1) is 8.31. The number of hydrogen-bond acceptors (Lipinski definition) is 0. The summed E-state index contributed by atoms with van der Waals surface area (Å²) < 4.78 is 0. The van der Waals surface area contributed by atoms with E-state index >= 15 is 0 Å². The van der Waals surface area contributed by atoms with Gasteiger partial charge >= 0.3 is 0 Å². The molecule has 18 heavy (non-hydrogen) atoms. The van der Waals surface area contributed by atoms with Crippen molar-refractivity contribution < 1.29 is 0 Å². The molecule has 0 aromatic rings. The summed E-state index contributed by atoms with van der Waals surface area (Å²) in [5, 5.41) is 0. The molecule has 0 rings (SSSR count). The molecule has 0 aliphatic carbocycles. The minimum atomic E-state index is 0. The van der Waals surface area contributed by atoms with Crippen molar-refractivity contribution in [3.8, 4) is 0 Å². The monoisotopic (exact) mass is 273 g/mol. The van der Waals surface area contributed by atoms with E-state index in [1.54, 1.807) is 5.92 Å². The Hall–Kier alpha value is 0.350. The molecule has 0 heterocycles. The fraction of sp³-hybridized carbons (Fsp3) is 0.941. The molecule has 0 aliphatic rings. The Morgan fingerprint density at radius 2 is 0.889 bits per heavy atom. The van der Waals surface area contributed by atoms with E-state index in [0.717, 1.165) is 0 Å². The second-order valence-electron chi connectivity index (χ2n) is 5.64. The lowest BCUT2D eigenvalue weighted by Crippen LogP contribution is -1.92. The van der Waals surface area contributed by atoms with Crippen LogP contribution in [0.15, 0.2) is 0 Å². The van der Waals surface area contributed by atoms with Gasteiger partial charge in [0, 0.05) is 0 Å². The molecule has 0 amide bonds. The Bertz CT molecular complexity index is 134. The lowest BCUT2D eigenvalue weighted by molar-refractivity contribution is 0.558. The van der Waals surface area contributed by atoms with Crippen LogP contribution in [-0.2, 0) is 0 Å². The van der Waals surface area contributed by atoms with Gasteiger partial charge in [-0.25, -0.2) is 0 Å². The largest absolute Gasteiger partial charge is 0.197 e. The fourth-order valence-corrected chi connectivity index (χ4v) is 2.36. The van der Waals surface area contributed by atoms with Crippen LogP contribution in [0.2, 0.25) is 0 Å². The fourth-order valence-electron chi connectivity index (χ4n) is 2.36. The SMILES string of the molecule is CCCCCCCCC[C](C)CCCCCC.S. The molecular weight excluding hydrogens is 236 g/mol. The second kappa shape index (κ2) is 17.4. The van der Waals surface area contributed by atoms with E-state index in [0.29, 0.717) is 0 Å². The van der Waals surface area contributed by atoms with Crippen LogP contribution in [0.4, 0.5) is 0 Å². The van der Waals surface area contributed by atoms with Gasteiger partial charge in [0.1, 0.15) is 0 Å². The normalized spacial score (nSPS) is 10.7. The third-order valence-electron chi connectivity index (χ3n) is 3.66. The van der Waals surface area contributed by atoms with Crippen molar-refractivity contribution in [3.05, 3.63) is 5.92 Å². The van der Waals surface area contributed by atoms with Crippen molar-refractivity contribution in [1.29, 1.82) is 0 Å². The summed E-state index contributed by atoms with van der Waals surface area (Å²) in [4.78, 5) is 0. The molecule has 0 atom stereocenters. The van der Waals surface area contributed by atoms with Crippen LogP contribution in [0.5, 0.6) is 0 Å². The highest BCUT2D eigenvalue weighted by molar-refractivity contribution is 7.59. The van der Waals surface area contributed by atoms with Gasteiger partial charge in [0.15, 0.2) is 0 Å². The van der Waals surface area contributed by atoms with Crippen molar-refractivity contribution in [3.63, 3.8) is 0 Å². The minimum absolute atomic E-state index is 0. The molecule has 0 fully saturated rings. The zero-order valence-electron chi connectivity index (χ0n) is 13.2.